The average Bonchev–Trinajstić information content (AvgIpc) is 2.90. The molecule has 1 atom stereocenters. The van der Waals surface area contributed by atoms with Crippen LogP contribution >= 0.6 is 11.8 Å². The van der Waals surface area contributed by atoms with Crippen LogP contribution in [0.25, 0.3) is 0 Å². The minimum Gasteiger partial charge on any atom is -0.454 e. The molecule has 1 unspecified atom stereocenters. The van der Waals surface area contributed by atoms with Gasteiger partial charge in [0.2, 0.25) is 6.79 Å². The summed E-state index contributed by atoms with van der Waals surface area (Å²) in [6, 6.07) is 6.36. The van der Waals surface area contributed by atoms with Gasteiger partial charge >= 0.3 is 6.03 Å². The molecular formula is C17H24N2O3S. The zero-order valence-corrected chi connectivity index (χ0v) is 14.6. The summed E-state index contributed by atoms with van der Waals surface area (Å²) in [4.78, 5) is 16.4. The summed E-state index contributed by atoms with van der Waals surface area (Å²) in [6.07, 6.45) is 0.970. The van der Waals surface area contributed by atoms with Crippen LogP contribution in [0.5, 0.6) is 11.5 Å². The lowest BCUT2D eigenvalue weighted by molar-refractivity contribution is 0.160. The number of amides is 2. The zero-order chi connectivity index (χ0) is 16.2. The van der Waals surface area contributed by atoms with Crippen LogP contribution in [0.15, 0.2) is 18.2 Å². The molecule has 126 valence electrons. The Kier molecular flexibility index (Phi) is 5.20. The molecule has 3 rings (SSSR count). The van der Waals surface area contributed by atoms with Crippen LogP contribution in [-0.4, -0.2) is 54.6 Å². The predicted molar refractivity (Wildman–Crippen MR) is 92.3 cm³/mol. The van der Waals surface area contributed by atoms with E-state index in [0.29, 0.717) is 12.0 Å². The molecule has 2 aliphatic rings. The van der Waals surface area contributed by atoms with Crippen LogP contribution in [0, 0.1) is 0 Å². The Balaban J connectivity index is 1.65. The van der Waals surface area contributed by atoms with Crippen molar-refractivity contribution in [2.45, 2.75) is 25.5 Å². The summed E-state index contributed by atoms with van der Waals surface area (Å²) >= 11 is 1.92. The number of benzene rings is 1. The number of urea groups is 1. The van der Waals surface area contributed by atoms with Gasteiger partial charge in [-0.1, -0.05) is 6.07 Å². The van der Waals surface area contributed by atoms with Crippen molar-refractivity contribution in [3.05, 3.63) is 23.8 Å². The lowest BCUT2D eigenvalue weighted by Crippen LogP contribution is -2.44. The predicted octanol–water partition coefficient (Wildman–Crippen LogP) is 3.36. The molecular weight excluding hydrogens is 312 g/mol. The second-order valence-corrected chi connectivity index (χ2v) is 7.01. The van der Waals surface area contributed by atoms with E-state index in [-0.39, 0.29) is 6.03 Å². The Morgan fingerprint density at radius 3 is 2.83 bits per heavy atom. The van der Waals surface area contributed by atoms with Crippen molar-refractivity contribution in [1.82, 2.24) is 9.80 Å². The van der Waals surface area contributed by atoms with Gasteiger partial charge in [0.25, 0.3) is 0 Å². The van der Waals surface area contributed by atoms with Gasteiger partial charge < -0.3 is 19.3 Å². The van der Waals surface area contributed by atoms with E-state index in [0.717, 1.165) is 49.9 Å². The van der Waals surface area contributed by atoms with Crippen molar-refractivity contribution in [2.75, 3.05) is 38.7 Å². The van der Waals surface area contributed by atoms with Gasteiger partial charge in [0.05, 0.1) is 0 Å². The molecule has 1 aromatic rings. The maximum atomic E-state index is 12.5. The number of nitrogens with zero attached hydrogens (tertiary/aromatic N) is 2. The first-order valence-electron chi connectivity index (χ1n) is 8.28. The first-order chi connectivity index (χ1) is 11.2. The number of carbonyl (C=O) groups excluding carboxylic acids is 1. The molecule has 6 heteroatoms. The van der Waals surface area contributed by atoms with Crippen molar-refractivity contribution >= 4 is 17.8 Å². The van der Waals surface area contributed by atoms with E-state index in [1.54, 1.807) is 0 Å². The van der Waals surface area contributed by atoms with Gasteiger partial charge in [-0.2, -0.15) is 11.8 Å². The number of hydrogen-bond acceptors (Lipinski definition) is 4. The minimum absolute atomic E-state index is 0.168. The van der Waals surface area contributed by atoms with Crippen molar-refractivity contribution in [3.63, 3.8) is 0 Å². The second kappa shape index (κ2) is 7.34. The molecule has 0 spiro atoms. The molecule has 5 nitrogen and oxygen atoms in total. The van der Waals surface area contributed by atoms with E-state index in [9.17, 15) is 4.79 Å². The molecule has 1 aromatic carbocycles. The zero-order valence-electron chi connectivity index (χ0n) is 13.8. The number of thioether (sulfide) groups is 1. The molecule has 2 amide bonds. The van der Waals surface area contributed by atoms with Gasteiger partial charge in [-0.05, 0) is 38.0 Å². The third kappa shape index (κ3) is 3.52. The van der Waals surface area contributed by atoms with Crippen molar-refractivity contribution < 1.29 is 14.3 Å². The van der Waals surface area contributed by atoms with Crippen LogP contribution in [0.3, 0.4) is 0 Å². The van der Waals surface area contributed by atoms with Crippen LogP contribution < -0.4 is 9.47 Å². The lowest BCUT2D eigenvalue weighted by atomic mass is 10.1. The number of hydrogen-bond donors (Lipinski definition) is 0. The van der Waals surface area contributed by atoms with Crippen molar-refractivity contribution in [1.29, 1.82) is 0 Å². The Bertz CT molecular complexity index is 563. The Morgan fingerprint density at radius 1 is 1.26 bits per heavy atom. The van der Waals surface area contributed by atoms with Crippen LogP contribution in [0.1, 0.15) is 31.1 Å². The second-order valence-electron chi connectivity index (χ2n) is 5.70. The van der Waals surface area contributed by atoms with Crippen molar-refractivity contribution in [2.24, 2.45) is 0 Å². The monoisotopic (exact) mass is 336 g/mol. The average molecular weight is 336 g/mol. The summed E-state index contributed by atoms with van der Waals surface area (Å²) in [7, 11) is 0. The molecule has 0 N–H and O–H groups in total. The molecule has 0 radical (unpaired) electrons. The molecule has 2 heterocycles. The SMILES string of the molecule is CCN(CC)C(=O)N1CCSC(c2ccc3c(c2)OCO3)CC1. The maximum absolute atomic E-state index is 12.5. The molecule has 1 saturated heterocycles. The van der Waals surface area contributed by atoms with Crippen molar-refractivity contribution in [3.8, 4) is 11.5 Å². The highest BCUT2D eigenvalue weighted by atomic mass is 32.2. The minimum atomic E-state index is 0.168. The van der Waals surface area contributed by atoms with E-state index in [2.05, 4.69) is 12.1 Å². The number of rotatable bonds is 3. The first kappa shape index (κ1) is 16.3. The highest BCUT2D eigenvalue weighted by molar-refractivity contribution is 7.99. The van der Waals surface area contributed by atoms with E-state index < -0.39 is 0 Å². The Labute approximate surface area is 141 Å². The van der Waals surface area contributed by atoms with Gasteiger partial charge in [0.15, 0.2) is 11.5 Å². The van der Waals surface area contributed by atoms with E-state index in [4.69, 9.17) is 9.47 Å². The molecule has 0 aliphatic carbocycles. The number of fused-ring (bicyclic) bond motifs is 1. The van der Waals surface area contributed by atoms with E-state index in [1.807, 2.05) is 41.5 Å². The fourth-order valence-corrected chi connectivity index (χ4v) is 4.26. The first-order valence-corrected chi connectivity index (χ1v) is 9.32. The normalized spacial score (nSPS) is 20.3. The largest absolute Gasteiger partial charge is 0.454 e. The van der Waals surface area contributed by atoms with Gasteiger partial charge in [0.1, 0.15) is 0 Å². The molecule has 2 aliphatic heterocycles. The van der Waals surface area contributed by atoms with Gasteiger partial charge in [-0.25, -0.2) is 4.79 Å². The maximum Gasteiger partial charge on any atom is 0.320 e. The molecule has 23 heavy (non-hydrogen) atoms. The quantitative estimate of drug-likeness (QED) is 0.849. The fraction of sp³-hybridized carbons (Fsp3) is 0.588. The summed E-state index contributed by atoms with van der Waals surface area (Å²) < 4.78 is 10.9. The molecule has 0 bridgehead atoms. The standard InChI is InChI=1S/C17H24N2O3S/c1-3-18(4-2)17(20)19-8-7-16(23-10-9-19)13-5-6-14-15(11-13)22-12-21-14/h5-6,11,16H,3-4,7-10,12H2,1-2H3. The summed E-state index contributed by atoms with van der Waals surface area (Å²) in [5, 5.41) is 0.402. The highest BCUT2D eigenvalue weighted by Gasteiger charge is 2.25. The van der Waals surface area contributed by atoms with Gasteiger partial charge in [-0.15, -0.1) is 0 Å². The number of carbonyl (C=O) groups is 1. The highest BCUT2D eigenvalue weighted by Crippen LogP contribution is 2.40. The van der Waals surface area contributed by atoms with Crippen LogP contribution in [-0.2, 0) is 0 Å². The van der Waals surface area contributed by atoms with E-state index in [1.165, 1.54) is 5.56 Å². The molecule has 0 saturated carbocycles. The summed E-state index contributed by atoms with van der Waals surface area (Å²) in [5.74, 6) is 2.63. The fourth-order valence-electron chi connectivity index (χ4n) is 3.04. The molecule has 0 aromatic heterocycles. The van der Waals surface area contributed by atoms with Crippen LogP contribution in [0.2, 0.25) is 0 Å². The van der Waals surface area contributed by atoms with Gasteiger partial charge in [-0.3, -0.25) is 0 Å². The smallest absolute Gasteiger partial charge is 0.320 e. The third-order valence-corrected chi connectivity index (χ3v) is 5.74. The van der Waals surface area contributed by atoms with E-state index >= 15 is 0 Å². The summed E-state index contributed by atoms with van der Waals surface area (Å²) in [6.45, 7) is 7.53. The Hall–Kier alpha value is -1.56. The molecule has 1 fully saturated rings. The number of ether oxygens (including phenoxy) is 2. The summed E-state index contributed by atoms with van der Waals surface area (Å²) in [5.41, 5.74) is 1.26. The third-order valence-electron chi connectivity index (χ3n) is 4.41. The lowest BCUT2D eigenvalue weighted by Gasteiger charge is -2.28. The topological polar surface area (TPSA) is 42.0 Å². The van der Waals surface area contributed by atoms with Gasteiger partial charge in [0, 0.05) is 37.2 Å². The van der Waals surface area contributed by atoms with Crippen LogP contribution in [0.4, 0.5) is 4.79 Å². The Morgan fingerprint density at radius 2 is 2.04 bits per heavy atom.